The Kier molecular flexibility index (Phi) is 5.36. The van der Waals surface area contributed by atoms with Crippen molar-refractivity contribution in [2.45, 2.75) is 0 Å². The number of para-hydroxylation sites is 1. The maximum absolute atomic E-state index is 12.3. The first-order valence-corrected chi connectivity index (χ1v) is 10.00. The van der Waals surface area contributed by atoms with Crippen LogP contribution >= 0.6 is 34.5 Å². The van der Waals surface area contributed by atoms with Crippen molar-refractivity contribution in [3.63, 3.8) is 0 Å². The molecule has 0 unspecified atom stereocenters. The second-order valence-corrected chi connectivity index (χ2v) is 7.64. The fourth-order valence-corrected chi connectivity index (χ4v) is 3.73. The summed E-state index contributed by atoms with van der Waals surface area (Å²) in [6.07, 6.45) is 1.53. The molecule has 0 aliphatic rings. The normalized spacial score (nSPS) is 11.4. The van der Waals surface area contributed by atoms with Crippen molar-refractivity contribution in [3.05, 3.63) is 85.6 Å². The number of thiazole rings is 1. The third-order valence-corrected chi connectivity index (χ3v) is 5.69. The molecule has 0 saturated carbocycles. The number of fused-ring (bicyclic) bond motifs is 1. The zero-order valence-corrected chi connectivity index (χ0v) is 17.0. The highest BCUT2D eigenvalue weighted by atomic mass is 35.5. The number of anilines is 1. The number of nitriles is 1. The molecule has 2 aromatic carbocycles. The minimum Gasteiger partial charge on any atom is -0.422 e. The lowest BCUT2D eigenvalue weighted by Crippen LogP contribution is -2.02. The van der Waals surface area contributed by atoms with Crippen LogP contribution in [0.5, 0.6) is 0 Å². The number of nitrogens with zero attached hydrogens (tertiary/aromatic N) is 2. The summed E-state index contributed by atoms with van der Waals surface area (Å²) in [7, 11) is 0. The summed E-state index contributed by atoms with van der Waals surface area (Å²) in [5.41, 5.74) is 1.84. The zero-order valence-electron chi connectivity index (χ0n) is 14.6. The largest absolute Gasteiger partial charge is 0.422 e. The van der Waals surface area contributed by atoms with Gasteiger partial charge < -0.3 is 9.73 Å². The molecule has 2 heterocycles. The van der Waals surface area contributed by atoms with Crippen molar-refractivity contribution in [2.75, 3.05) is 5.32 Å². The molecule has 5 nitrogen and oxygen atoms in total. The van der Waals surface area contributed by atoms with Crippen molar-refractivity contribution in [1.29, 1.82) is 5.26 Å². The standard InChI is InChI=1S/C21H11Cl2N3O2S/c22-16-6-5-14(8-17(16)23)25-10-13(9-24)20-26-18(11-29-20)15-7-12-3-1-2-4-19(12)28-21(15)27/h1-8,10-11,25H/b13-10-. The van der Waals surface area contributed by atoms with Crippen LogP contribution in [-0.4, -0.2) is 4.98 Å². The summed E-state index contributed by atoms with van der Waals surface area (Å²) < 4.78 is 5.36. The first-order chi connectivity index (χ1) is 14.0. The molecule has 0 amide bonds. The lowest BCUT2D eigenvalue weighted by molar-refractivity contribution is 0.563. The minimum atomic E-state index is -0.475. The van der Waals surface area contributed by atoms with Crippen molar-refractivity contribution in [2.24, 2.45) is 0 Å². The van der Waals surface area contributed by atoms with Gasteiger partial charge in [0.25, 0.3) is 0 Å². The molecule has 4 rings (SSSR count). The van der Waals surface area contributed by atoms with E-state index >= 15 is 0 Å². The highest BCUT2D eigenvalue weighted by Crippen LogP contribution is 2.28. The van der Waals surface area contributed by atoms with E-state index in [1.807, 2.05) is 12.1 Å². The smallest absolute Gasteiger partial charge is 0.345 e. The summed E-state index contributed by atoms with van der Waals surface area (Å²) in [4.78, 5) is 16.8. The molecule has 142 valence electrons. The van der Waals surface area contributed by atoms with Gasteiger partial charge in [-0.05, 0) is 30.3 Å². The molecule has 0 bridgehead atoms. The second kappa shape index (κ2) is 8.10. The molecule has 8 heteroatoms. The Morgan fingerprint density at radius 2 is 2.00 bits per heavy atom. The first kappa shape index (κ1) is 19.2. The minimum absolute atomic E-state index is 0.317. The van der Waals surface area contributed by atoms with Crippen LogP contribution in [0.4, 0.5) is 5.69 Å². The fourth-order valence-electron chi connectivity index (χ4n) is 2.64. The van der Waals surface area contributed by atoms with Gasteiger partial charge in [-0.2, -0.15) is 5.26 Å². The topological polar surface area (TPSA) is 78.9 Å². The van der Waals surface area contributed by atoms with E-state index in [0.29, 0.717) is 43.2 Å². The highest BCUT2D eigenvalue weighted by Gasteiger charge is 2.13. The molecule has 0 aliphatic carbocycles. The molecule has 4 aromatic rings. The number of rotatable bonds is 4. The number of halogens is 2. The summed E-state index contributed by atoms with van der Waals surface area (Å²) in [5, 5.41) is 16.4. The number of hydrogen-bond donors (Lipinski definition) is 1. The Hall–Kier alpha value is -3.11. The molecule has 1 N–H and O–H groups in total. The van der Waals surface area contributed by atoms with Gasteiger partial charge in [-0.25, -0.2) is 9.78 Å². The van der Waals surface area contributed by atoms with Crippen LogP contribution in [0.15, 0.2) is 69.3 Å². The number of allylic oxidation sites excluding steroid dienone is 1. The number of nitrogens with one attached hydrogen (secondary N) is 1. The van der Waals surface area contributed by atoms with E-state index in [1.54, 1.807) is 41.8 Å². The van der Waals surface area contributed by atoms with Gasteiger partial charge in [0.05, 0.1) is 21.3 Å². The monoisotopic (exact) mass is 439 g/mol. The second-order valence-electron chi connectivity index (χ2n) is 5.97. The number of aromatic nitrogens is 1. The fraction of sp³-hybridized carbons (Fsp3) is 0. The molecular weight excluding hydrogens is 429 g/mol. The van der Waals surface area contributed by atoms with Gasteiger partial charge in [-0.15, -0.1) is 11.3 Å². The summed E-state index contributed by atoms with van der Waals surface area (Å²) in [6.45, 7) is 0. The Labute approximate surface area is 179 Å². The quantitative estimate of drug-likeness (QED) is 0.302. The lowest BCUT2D eigenvalue weighted by atomic mass is 10.1. The maximum Gasteiger partial charge on any atom is 0.345 e. The molecule has 29 heavy (non-hydrogen) atoms. The molecule has 0 saturated heterocycles. The van der Waals surface area contributed by atoms with Crippen LogP contribution in [0, 0.1) is 11.3 Å². The van der Waals surface area contributed by atoms with Crippen molar-refractivity contribution in [3.8, 4) is 17.3 Å². The van der Waals surface area contributed by atoms with E-state index < -0.39 is 5.63 Å². The van der Waals surface area contributed by atoms with Gasteiger partial charge in [0.15, 0.2) is 0 Å². The summed E-state index contributed by atoms with van der Waals surface area (Å²) >= 11 is 13.2. The van der Waals surface area contributed by atoms with Crippen LogP contribution in [0.1, 0.15) is 5.01 Å². The number of benzene rings is 2. The van der Waals surface area contributed by atoms with Crippen LogP contribution in [-0.2, 0) is 0 Å². The van der Waals surface area contributed by atoms with Gasteiger partial charge in [0, 0.05) is 22.7 Å². The Balaban J connectivity index is 1.65. The zero-order chi connectivity index (χ0) is 20.4. The molecular formula is C21H11Cl2N3O2S. The third kappa shape index (κ3) is 4.03. The van der Waals surface area contributed by atoms with E-state index in [-0.39, 0.29) is 0 Å². The van der Waals surface area contributed by atoms with Gasteiger partial charge in [-0.1, -0.05) is 41.4 Å². The molecule has 0 aliphatic heterocycles. The van der Waals surface area contributed by atoms with Crippen molar-refractivity contribution < 1.29 is 4.42 Å². The third-order valence-electron chi connectivity index (χ3n) is 4.08. The Morgan fingerprint density at radius 3 is 2.79 bits per heavy atom. The molecule has 0 fully saturated rings. The molecule has 0 spiro atoms. The van der Waals surface area contributed by atoms with E-state index in [1.165, 1.54) is 17.5 Å². The van der Waals surface area contributed by atoms with Gasteiger partial charge >= 0.3 is 5.63 Å². The first-order valence-electron chi connectivity index (χ1n) is 8.36. The van der Waals surface area contributed by atoms with E-state index in [0.717, 1.165) is 5.39 Å². The Bertz CT molecular complexity index is 1350. The summed E-state index contributed by atoms with van der Waals surface area (Å²) in [6, 6.07) is 16.2. The van der Waals surface area contributed by atoms with Crippen LogP contribution in [0.3, 0.4) is 0 Å². The SMILES string of the molecule is N#C/C(=C/Nc1ccc(Cl)c(Cl)c1)c1nc(-c2cc3ccccc3oc2=O)cs1. The Morgan fingerprint density at radius 1 is 1.17 bits per heavy atom. The molecule has 0 atom stereocenters. The molecule has 2 aromatic heterocycles. The van der Waals surface area contributed by atoms with Gasteiger partial charge in [0.1, 0.15) is 22.2 Å². The molecule has 0 radical (unpaired) electrons. The van der Waals surface area contributed by atoms with Crippen LogP contribution in [0.25, 0.3) is 27.8 Å². The van der Waals surface area contributed by atoms with Crippen molar-refractivity contribution >= 4 is 56.8 Å². The lowest BCUT2D eigenvalue weighted by Gasteiger charge is -2.03. The van der Waals surface area contributed by atoms with Crippen molar-refractivity contribution in [1.82, 2.24) is 4.98 Å². The van der Waals surface area contributed by atoms with E-state index in [4.69, 9.17) is 27.6 Å². The van der Waals surface area contributed by atoms with E-state index in [9.17, 15) is 10.1 Å². The van der Waals surface area contributed by atoms with E-state index in [2.05, 4.69) is 16.4 Å². The highest BCUT2D eigenvalue weighted by molar-refractivity contribution is 7.11. The predicted octanol–water partition coefficient (Wildman–Crippen LogP) is 6.20. The summed E-state index contributed by atoms with van der Waals surface area (Å²) in [5.74, 6) is 0. The predicted molar refractivity (Wildman–Crippen MR) is 117 cm³/mol. The average Bonchev–Trinajstić information content (AvgIpc) is 3.20. The van der Waals surface area contributed by atoms with Gasteiger partial charge in [0.2, 0.25) is 0 Å². The number of hydrogen-bond acceptors (Lipinski definition) is 6. The average molecular weight is 440 g/mol. The maximum atomic E-state index is 12.3. The van der Waals surface area contributed by atoms with Gasteiger partial charge in [-0.3, -0.25) is 0 Å². The van der Waals surface area contributed by atoms with Crippen LogP contribution in [0.2, 0.25) is 10.0 Å². The van der Waals surface area contributed by atoms with Crippen LogP contribution < -0.4 is 10.9 Å².